The summed E-state index contributed by atoms with van der Waals surface area (Å²) in [6.07, 6.45) is 1.40. The molecule has 0 aliphatic heterocycles. The SMILES string of the molecule is C=CNNCC(=O)NCC(=O)OCC.NC(=O)NN=C(c1ccccc1)c1ccccc1. The van der Waals surface area contributed by atoms with Crippen molar-refractivity contribution in [1.29, 1.82) is 0 Å². The summed E-state index contributed by atoms with van der Waals surface area (Å²) in [5.41, 5.74) is 14.9. The van der Waals surface area contributed by atoms with Crippen LogP contribution in [0.2, 0.25) is 0 Å². The number of urea groups is 1. The Bertz CT molecular complexity index is 846. The summed E-state index contributed by atoms with van der Waals surface area (Å²) >= 11 is 0. The molecule has 10 nitrogen and oxygen atoms in total. The van der Waals surface area contributed by atoms with Gasteiger partial charge in [0.1, 0.15) is 6.54 Å². The first-order chi connectivity index (χ1) is 15.5. The zero-order valence-corrected chi connectivity index (χ0v) is 17.8. The number of primary amides is 1. The molecule has 3 amide bonds. The summed E-state index contributed by atoms with van der Waals surface area (Å²) in [6.45, 7) is 5.34. The van der Waals surface area contributed by atoms with E-state index in [0.29, 0.717) is 12.3 Å². The van der Waals surface area contributed by atoms with Crippen molar-refractivity contribution >= 4 is 23.6 Å². The second-order valence-electron chi connectivity index (χ2n) is 5.95. The third kappa shape index (κ3) is 11.1. The number of hydrazine groups is 1. The summed E-state index contributed by atoms with van der Waals surface area (Å²) in [4.78, 5) is 32.5. The summed E-state index contributed by atoms with van der Waals surface area (Å²) < 4.78 is 4.61. The van der Waals surface area contributed by atoms with Crippen LogP contribution in [0.1, 0.15) is 18.1 Å². The Balaban J connectivity index is 0.000000333. The Labute approximate surface area is 186 Å². The number of esters is 1. The molecule has 0 radical (unpaired) electrons. The molecule has 0 atom stereocenters. The second-order valence-corrected chi connectivity index (χ2v) is 5.95. The fourth-order valence-corrected chi connectivity index (χ4v) is 2.25. The second kappa shape index (κ2) is 15.6. The predicted octanol–water partition coefficient (Wildman–Crippen LogP) is 1.01. The Kier molecular flexibility index (Phi) is 12.6. The van der Waals surface area contributed by atoms with Gasteiger partial charge in [0.15, 0.2) is 0 Å². The number of amides is 3. The van der Waals surface area contributed by atoms with E-state index in [0.717, 1.165) is 11.1 Å². The van der Waals surface area contributed by atoms with E-state index in [2.05, 4.69) is 38.0 Å². The first-order valence-corrected chi connectivity index (χ1v) is 9.73. The Hall–Kier alpha value is -4.18. The van der Waals surface area contributed by atoms with Crippen molar-refractivity contribution in [2.75, 3.05) is 19.7 Å². The van der Waals surface area contributed by atoms with E-state index in [1.165, 1.54) is 6.20 Å². The van der Waals surface area contributed by atoms with E-state index >= 15 is 0 Å². The highest BCUT2D eigenvalue weighted by molar-refractivity contribution is 6.13. The van der Waals surface area contributed by atoms with Crippen LogP contribution >= 0.6 is 0 Å². The van der Waals surface area contributed by atoms with E-state index in [1.54, 1.807) is 6.92 Å². The molecule has 0 aliphatic carbocycles. The molecule has 0 saturated heterocycles. The smallest absolute Gasteiger partial charge is 0.332 e. The van der Waals surface area contributed by atoms with E-state index < -0.39 is 12.0 Å². The van der Waals surface area contributed by atoms with Crippen molar-refractivity contribution in [1.82, 2.24) is 21.6 Å². The van der Waals surface area contributed by atoms with Crippen LogP contribution in [0.15, 0.2) is 78.5 Å². The number of rotatable bonds is 10. The topological polar surface area (TPSA) is 147 Å². The van der Waals surface area contributed by atoms with Crippen molar-refractivity contribution in [3.8, 4) is 0 Å². The molecule has 2 aromatic rings. The van der Waals surface area contributed by atoms with Gasteiger partial charge in [0.25, 0.3) is 0 Å². The average molecular weight is 441 g/mol. The van der Waals surface area contributed by atoms with Gasteiger partial charge in [0, 0.05) is 17.3 Å². The number of nitrogens with two attached hydrogens (primary N) is 1. The summed E-state index contributed by atoms with van der Waals surface area (Å²) in [5.74, 6) is -0.745. The lowest BCUT2D eigenvalue weighted by atomic mass is 10.0. The highest BCUT2D eigenvalue weighted by atomic mass is 16.5. The minimum absolute atomic E-state index is 0.0609. The largest absolute Gasteiger partial charge is 0.465 e. The highest BCUT2D eigenvalue weighted by Crippen LogP contribution is 2.10. The third-order valence-electron chi connectivity index (χ3n) is 3.56. The van der Waals surface area contributed by atoms with E-state index in [9.17, 15) is 14.4 Å². The van der Waals surface area contributed by atoms with Gasteiger partial charge < -0.3 is 21.2 Å². The minimum Gasteiger partial charge on any atom is -0.465 e. The van der Waals surface area contributed by atoms with Crippen molar-refractivity contribution in [3.63, 3.8) is 0 Å². The molecule has 2 rings (SSSR count). The maximum atomic E-state index is 11.0. The molecule has 2 aromatic carbocycles. The van der Waals surface area contributed by atoms with Gasteiger partial charge in [-0.1, -0.05) is 67.2 Å². The molecular weight excluding hydrogens is 412 g/mol. The van der Waals surface area contributed by atoms with Gasteiger partial charge in [-0.2, -0.15) is 5.10 Å². The molecule has 0 saturated carbocycles. The number of nitrogens with zero attached hydrogens (tertiary/aromatic N) is 1. The molecule has 0 unspecified atom stereocenters. The Morgan fingerprint density at radius 1 is 1.00 bits per heavy atom. The molecule has 170 valence electrons. The Morgan fingerprint density at radius 2 is 1.56 bits per heavy atom. The zero-order chi connectivity index (χ0) is 23.6. The molecule has 0 aromatic heterocycles. The van der Waals surface area contributed by atoms with E-state index in [1.807, 2.05) is 60.7 Å². The monoisotopic (exact) mass is 440 g/mol. The molecule has 0 aliphatic rings. The highest BCUT2D eigenvalue weighted by Gasteiger charge is 2.06. The molecule has 0 bridgehead atoms. The fraction of sp³-hybridized carbons (Fsp3) is 0.182. The molecule has 10 heteroatoms. The molecule has 6 N–H and O–H groups in total. The quantitative estimate of drug-likeness (QED) is 0.161. The number of hydrogen-bond acceptors (Lipinski definition) is 7. The van der Waals surface area contributed by atoms with Crippen molar-refractivity contribution < 1.29 is 19.1 Å². The molecule has 32 heavy (non-hydrogen) atoms. The van der Waals surface area contributed by atoms with Crippen molar-refractivity contribution in [2.45, 2.75) is 6.92 Å². The zero-order valence-electron chi connectivity index (χ0n) is 17.8. The fourth-order valence-electron chi connectivity index (χ4n) is 2.25. The first-order valence-electron chi connectivity index (χ1n) is 9.73. The average Bonchev–Trinajstić information content (AvgIpc) is 2.80. The van der Waals surface area contributed by atoms with Crippen molar-refractivity contribution in [2.24, 2.45) is 10.8 Å². The maximum absolute atomic E-state index is 11.0. The lowest BCUT2D eigenvalue weighted by Gasteiger charge is -2.06. The number of nitrogens with one attached hydrogen (secondary N) is 4. The van der Waals surface area contributed by atoms with Crippen LogP contribution in [0.4, 0.5) is 4.79 Å². The van der Waals surface area contributed by atoms with Gasteiger partial charge >= 0.3 is 12.0 Å². The minimum atomic E-state index is -0.681. The van der Waals surface area contributed by atoms with Gasteiger partial charge in [-0.05, 0) is 6.92 Å². The molecular formula is C22H28N6O4. The third-order valence-corrected chi connectivity index (χ3v) is 3.56. The van der Waals surface area contributed by atoms with Crippen LogP contribution in [0.3, 0.4) is 0 Å². The van der Waals surface area contributed by atoms with Crippen LogP contribution in [-0.4, -0.2) is 43.3 Å². The van der Waals surface area contributed by atoms with Crippen LogP contribution in [-0.2, 0) is 14.3 Å². The van der Waals surface area contributed by atoms with Gasteiger partial charge in [-0.3, -0.25) is 9.59 Å². The number of benzene rings is 2. The van der Waals surface area contributed by atoms with Crippen LogP contribution in [0.25, 0.3) is 0 Å². The van der Waals surface area contributed by atoms with Gasteiger partial charge in [0.2, 0.25) is 5.91 Å². The summed E-state index contributed by atoms with van der Waals surface area (Å²) in [6, 6.07) is 18.5. The van der Waals surface area contributed by atoms with E-state index in [4.69, 9.17) is 5.73 Å². The normalized spacial score (nSPS) is 9.28. The number of ether oxygens (including phenoxy) is 1. The van der Waals surface area contributed by atoms with Gasteiger partial charge in [-0.25, -0.2) is 15.6 Å². The van der Waals surface area contributed by atoms with Crippen LogP contribution in [0, 0.1) is 0 Å². The van der Waals surface area contributed by atoms with Gasteiger partial charge in [-0.15, -0.1) is 0 Å². The lowest BCUT2D eigenvalue weighted by Crippen LogP contribution is -2.40. The van der Waals surface area contributed by atoms with E-state index in [-0.39, 0.29) is 19.0 Å². The number of carbonyl (C=O) groups is 3. The maximum Gasteiger partial charge on any atom is 0.332 e. The molecule has 0 spiro atoms. The first kappa shape index (κ1) is 25.9. The Morgan fingerprint density at radius 3 is 2.03 bits per heavy atom. The molecule has 0 heterocycles. The van der Waals surface area contributed by atoms with Gasteiger partial charge in [0.05, 0.1) is 18.9 Å². The predicted molar refractivity (Wildman–Crippen MR) is 122 cm³/mol. The summed E-state index contributed by atoms with van der Waals surface area (Å²) in [7, 11) is 0. The lowest BCUT2D eigenvalue weighted by molar-refractivity contribution is -0.143. The van der Waals surface area contributed by atoms with Crippen molar-refractivity contribution in [3.05, 3.63) is 84.6 Å². The van der Waals surface area contributed by atoms with Crippen LogP contribution in [0.5, 0.6) is 0 Å². The standard InChI is InChI=1S/C14H13N3O.C8H15N3O3/c15-14(18)17-16-13(11-7-3-1-4-8-11)12-9-5-2-6-10-12;1-3-10-11-5-7(12)9-6-8(13)14-4-2/h1-10H,(H3,15,17,18);3,10-11H,1,4-6H2,2H3,(H,9,12). The number of hydrazone groups is 1. The number of carbonyl (C=O) groups excluding carboxylic acids is 3. The molecule has 0 fully saturated rings. The van der Waals surface area contributed by atoms with Crippen LogP contribution < -0.4 is 27.3 Å². The summed E-state index contributed by atoms with van der Waals surface area (Å²) in [5, 5.41) is 6.43. The number of hydrogen-bond donors (Lipinski definition) is 5.